The molecule has 8 nitrogen and oxygen atoms in total. The lowest BCUT2D eigenvalue weighted by Crippen LogP contribution is -2.37. The summed E-state index contributed by atoms with van der Waals surface area (Å²) in [4.78, 5) is 32.5. The van der Waals surface area contributed by atoms with Gasteiger partial charge in [0.15, 0.2) is 0 Å². The summed E-state index contributed by atoms with van der Waals surface area (Å²) in [6.45, 7) is 3.90. The first-order valence-corrected chi connectivity index (χ1v) is 15.3. The molecule has 0 spiro atoms. The molecule has 238 valence electrons. The minimum absolute atomic E-state index is 0.0206. The summed E-state index contributed by atoms with van der Waals surface area (Å²) < 4.78 is 0. The molecule has 2 heterocycles. The van der Waals surface area contributed by atoms with Gasteiger partial charge in [-0.1, -0.05) is 78.9 Å². The third-order valence-electron chi connectivity index (χ3n) is 6.86. The Morgan fingerprint density at radius 1 is 0.660 bits per heavy atom. The average molecular weight is 625 g/mol. The first kappa shape index (κ1) is 34.2. The van der Waals surface area contributed by atoms with Crippen LogP contribution in [0.4, 0.5) is 11.4 Å². The monoisotopic (exact) mass is 624 g/mol. The molecule has 5 rings (SSSR count). The highest BCUT2D eigenvalue weighted by atomic mass is 16.2. The number of benzene rings is 3. The van der Waals surface area contributed by atoms with E-state index in [-0.39, 0.29) is 18.4 Å². The number of aryl methyl sites for hydroxylation is 2. The van der Waals surface area contributed by atoms with Crippen LogP contribution in [0.5, 0.6) is 0 Å². The van der Waals surface area contributed by atoms with Crippen LogP contribution in [0.2, 0.25) is 0 Å². The number of anilines is 2. The zero-order valence-electron chi connectivity index (χ0n) is 26.6. The summed E-state index contributed by atoms with van der Waals surface area (Å²) in [7, 11) is 0. The molecule has 1 atom stereocenters. The molecule has 0 fully saturated rings. The molecule has 47 heavy (non-hydrogen) atoms. The zero-order valence-corrected chi connectivity index (χ0v) is 26.6. The van der Waals surface area contributed by atoms with Crippen LogP contribution in [0.1, 0.15) is 39.5 Å². The van der Waals surface area contributed by atoms with Crippen molar-refractivity contribution in [1.29, 1.82) is 0 Å². The predicted molar refractivity (Wildman–Crippen MR) is 193 cm³/mol. The summed E-state index contributed by atoms with van der Waals surface area (Å²) in [5, 5.41) is 5.62. The van der Waals surface area contributed by atoms with Gasteiger partial charge in [-0.2, -0.15) is 0 Å². The lowest BCUT2D eigenvalue weighted by molar-refractivity contribution is -0.117. The molecule has 0 aliphatic heterocycles. The molecule has 8 heteroatoms. The second kappa shape index (κ2) is 17.7. The molecule has 3 aromatic carbocycles. The highest BCUT2D eigenvalue weighted by Gasteiger charge is 2.14. The minimum Gasteiger partial charge on any atom is -0.325 e. The van der Waals surface area contributed by atoms with Crippen molar-refractivity contribution < 1.29 is 9.59 Å². The highest BCUT2D eigenvalue weighted by Crippen LogP contribution is 2.15. The van der Waals surface area contributed by atoms with Crippen LogP contribution >= 0.6 is 0 Å². The van der Waals surface area contributed by atoms with Gasteiger partial charge in [-0.15, -0.1) is 0 Å². The average Bonchev–Trinajstić information content (AvgIpc) is 3.07. The van der Waals surface area contributed by atoms with E-state index in [0.717, 1.165) is 50.8 Å². The number of amides is 2. The fraction of sp³-hybridized carbons (Fsp3) is 0.128. The summed E-state index contributed by atoms with van der Waals surface area (Å²) in [6, 6.07) is 36.2. The maximum absolute atomic E-state index is 12.4. The van der Waals surface area contributed by atoms with Gasteiger partial charge in [0.2, 0.25) is 11.8 Å². The topological polar surface area (TPSA) is 136 Å². The fourth-order valence-electron chi connectivity index (χ4n) is 4.53. The van der Waals surface area contributed by atoms with Crippen molar-refractivity contribution >= 4 is 47.5 Å². The van der Waals surface area contributed by atoms with E-state index in [1.54, 1.807) is 0 Å². The van der Waals surface area contributed by atoms with Gasteiger partial charge >= 0.3 is 0 Å². The predicted octanol–water partition coefficient (Wildman–Crippen LogP) is 6.53. The molecule has 5 aromatic rings. The highest BCUT2D eigenvalue weighted by molar-refractivity contribution is 5.95. The number of nitrogens with one attached hydrogen (secondary N) is 2. The van der Waals surface area contributed by atoms with E-state index in [4.69, 9.17) is 11.5 Å². The normalized spacial score (nSPS) is 11.5. The number of hydrogen-bond donors (Lipinski definition) is 4. The zero-order chi connectivity index (χ0) is 33.4. The number of carbonyl (C=O) groups excluding carboxylic acids is 2. The van der Waals surface area contributed by atoms with Crippen LogP contribution in [0.15, 0.2) is 115 Å². The van der Waals surface area contributed by atoms with E-state index >= 15 is 0 Å². The number of nitrogens with two attached hydrogens (primary N) is 2. The molecule has 0 aliphatic rings. The fourth-order valence-corrected chi connectivity index (χ4v) is 4.53. The van der Waals surface area contributed by atoms with Gasteiger partial charge in [0.05, 0.1) is 24.0 Å². The Morgan fingerprint density at radius 3 is 1.68 bits per heavy atom. The van der Waals surface area contributed by atoms with E-state index in [2.05, 4.69) is 20.6 Å². The Labute approximate surface area is 276 Å². The second-order valence-electron chi connectivity index (χ2n) is 10.9. The Balaban J connectivity index is 0.000000223. The van der Waals surface area contributed by atoms with E-state index in [1.165, 1.54) is 0 Å². The van der Waals surface area contributed by atoms with Crippen LogP contribution in [-0.4, -0.2) is 34.4 Å². The molecule has 2 aromatic heterocycles. The van der Waals surface area contributed by atoms with Crippen LogP contribution < -0.4 is 22.1 Å². The van der Waals surface area contributed by atoms with Gasteiger partial charge in [-0.3, -0.25) is 19.6 Å². The molecule has 6 N–H and O–H groups in total. The van der Waals surface area contributed by atoms with E-state index in [9.17, 15) is 9.59 Å². The van der Waals surface area contributed by atoms with Crippen molar-refractivity contribution in [3.63, 3.8) is 0 Å². The summed E-state index contributed by atoms with van der Waals surface area (Å²) in [5.41, 5.74) is 19.6. The number of hydrogen-bond acceptors (Lipinski definition) is 6. The Kier molecular flexibility index (Phi) is 12.9. The standard InChI is InChI=1S/C23H23N3O.C16H17N3O/c1-17-7-5-11-20(25-17)14-13-19-10-6-12-21(15-19)26-23(27)22(24)16-18-8-3-2-4-9-18;1-12-4-2-6-14(18-12)9-8-13-5-3-7-15(10-13)19-16(20)11-17/h2-15,22H,16,24H2,1H3,(H,26,27);2-10H,11,17H2,1H3,(H,19,20). The molecule has 0 saturated heterocycles. The van der Waals surface area contributed by atoms with Crippen molar-refractivity contribution in [3.05, 3.63) is 155 Å². The molecule has 2 amide bonds. The lowest BCUT2D eigenvalue weighted by Gasteiger charge is -2.12. The Morgan fingerprint density at radius 2 is 1.17 bits per heavy atom. The van der Waals surface area contributed by atoms with Crippen molar-refractivity contribution in [2.75, 3.05) is 17.2 Å². The maximum Gasteiger partial charge on any atom is 0.241 e. The number of nitrogens with zero attached hydrogens (tertiary/aromatic N) is 2. The SMILES string of the molecule is Cc1cccc(C=Cc2cccc(NC(=O)C(N)Cc3ccccc3)c2)n1.Cc1cccc(C=Cc2cccc(NC(=O)CN)c2)n1. The van der Waals surface area contributed by atoms with Crippen LogP contribution in [0, 0.1) is 13.8 Å². The molecular weight excluding hydrogens is 584 g/mol. The summed E-state index contributed by atoms with van der Waals surface area (Å²) in [6.07, 6.45) is 8.33. The van der Waals surface area contributed by atoms with E-state index in [1.807, 2.05) is 153 Å². The van der Waals surface area contributed by atoms with Crippen molar-refractivity contribution in [1.82, 2.24) is 9.97 Å². The molecule has 0 aliphatic carbocycles. The number of carbonyl (C=O) groups is 2. The van der Waals surface area contributed by atoms with Gasteiger partial charge in [0.25, 0.3) is 0 Å². The van der Waals surface area contributed by atoms with Gasteiger partial charge in [0.1, 0.15) is 0 Å². The number of pyridine rings is 2. The third-order valence-corrected chi connectivity index (χ3v) is 6.86. The summed E-state index contributed by atoms with van der Waals surface area (Å²) >= 11 is 0. The van der Waals surface area contributed by atoms with E-state index in [0.29, 0.717) is 6.42 Å². The lowest BCUT2D eigenvalue weighted by atomic mass is 10.1. The smallest absolute Gasteiger partial charge is 0.241 e. The van der Waals surface area contributed by atoms with E-state index < -0.39 is 6.04 Å². The van der Waals surface area contributed by atoms with Gasteiger partial charge < -0.3 is 22.1 Å². The number of aromatic nitrogens is 2. The van der Waals surface area contributed by atoms with Gasteiger partial charge in [-0.05, 0) is 97.6 Å². The molecule has 0 bridgehead atoms. The largest absolute Gasteiger partial charge is 0.325 e. The molecule has 0 saturated carbocycles. The van der Waals surface area contributed by atoms with Crippen LogP contribution in [0.25, 0.3) is 24.3 Å². The van der Waals surface area contributed by atoms with Crippen molar-refractivity contribution in [2.24, 2.45) is 11.5 Å². The van der Waals surface area contributed by atoms with Gasteiger partial charge in [0, 0.05) is 22.8 Å². The maximum atomic E-state index is 12.4. The van der Waals surface area contributed by atoms with Crippen LogP contribution in [-0.2, 0) is 16.0 Å². The minimum atomic E-state index is -0.594. The van der Waals surface area contributed by atoms with Crippen LogP contribution in [0.3, 0.4) is 0 Å². The Hall–Kier alpha value is -5.70. The molecular formula is C39H40N6O2. The number of rotatable bonds is 10. The van der Waals surface area contributed by atoms with Crippen molar-refractivity contribution in [3.8, 4) is 0 Å². The first-order valence-electron chi connectivity index (χ1n) is 15.3. The summed E-state index contributed by atoms with van der Waals surface area (Å²) in [5.74, 6) is -0.396. The molecule has 0 radical (unpaired) electrons. The third kappa shape index (κ3) is 12.0. The second-order valence-corrected chi connectivity index (χ2v) is 10.9. The molecule has 1 unspecified atom stereocenters. The van der Waals surface area contributed by atoms with Crippen molar-refractivity contribution in [2.45, 2.75) is 26.3 Å². The Bertz CT molecular complexity index is 1830. The van der Waals surface area contributed by atoms with Gasteiger partial charge in [-0.25, -0.2) is 0 Å². The first-order chi connectivity index (χ1) is 22.8. The quantitative estimate of drug-likeness (QED) is 0.140.